The first-order valence-electron chi connectivity index (χ1n) is 6.29. The van der Waals surface area contributed by atoms with Crippen LogP contribution in [0.1, 0.15) is 17.4 Å². The van der Waals surface area contributed by atoms with Gasteiger partial charge in [-0.1, -0.05) is 18.2 Å². The van der Waals surface area contributed by atoms with Gasteiger partial charge >= 0.3 is 0 Å². The van der Waals surface area contributed by atoms with Crippen LogP contribution in [0.2, 0.25) is 0 Å². The van der Waals surface area contributed by atoms with Gasteiger partial charge in [0.25, 0.3) is 0 Å². The summed E-state index contributed by atoms with van der Waals surface area (Å²) in [5, 5.41) is 5.42. The molecule has 0 aliphatic carbocycles. The van der Waals surface area contributed by atoms with Crippen LogP contribution in [0.5, 0.6) is 5.75 Å². The Kier molecular flexibility index (Phi) is 7.12. The summed E-state index contributed by atoms with van der Waals surface area (Å²) in [6.07, 6.45) is 0. The standard InChI is InChI=1S/C15H18N2OS.ClH/c1-3-18-13-7-4-6-12(10-13)11-17-15(16-2)14-8-5-9-19-14;/h4-10H,3,11H2,1-2H3,(H,16,17);1H. The summed E-state index contributed by atoms with van der Waals surface area (Å²) in [5.41, 5.74) is 1.18. The topological polar surface area (TPSA) is 33.6 Å². The molecule has 3 nitrogen and oxygen atoms in total. The number of nitrogens with one attached hydrogen (secondary N) is 1. The lowest BCUT2D eigenvalue weighted by Gasteiger charge is -2.09. The van der Waals surface area contributed by atoms with Crippen LogP contribution in [0, 0.1) is 0 Å². The monoisotopic (exact) mass is 310 g/mol. The molecule has 0 unspecified atom stereocenters. The molecular weight excluding hydrogens is 292 g/mol. The van der Waals surface area contributed by atoms with E-state index in [1.54, 1.807) is 18.4 Å². The number of amidine groups is 1. The fraction of sp³-hybridized carbons (Fsp3) is 0.267. The van der Waals surface area contributed by atoms with Crippen LogP contribution >= 0.6 is 23.7 Å². The number of nitrogens with zero attached hydrogens (tertiary/aromatic N) is 1. The van der Waals surface area contributed by atoms with Gasteiger partial charge in [-0.25, -0.2) is 0 Å². The summed E-state index contributed by atoms with van der Waals surface area (Å²) in [6, 6.07) is 12.2. The molecule has 0 spiro atoms. The van der Waals surface area contributed by atoms with Gasteiger partial charge in [0.1, 0.15) is 11.6 Å². The molecule has 20 heavy (non-hydrogen) atoms. The molecule has 0 bridgehead atoms. The third-order valence-electron chi connectivity index (χ3n) is 2.65. The third-order valence-corrected chi connectivity index (χ3v) is 3.52. The molecule has 0 aliphatic rings. The summed E-state index contributed by atoms with van der Waals surface area (Å²) in [7, 11) is 1.80. The molecule has 2 rings (SSSR count). The fourth-order valence-corrected chi connectivity index (χ4v) is 2.52. The molecule has 1 heterocycles. The molecule has 5 heteroatoms. The van der Waals surface area contributed by atoms with Crippen molar-refractivity contribution in [3.63, 3.8) is 0 Å². The predicted octanol–water partition coefficient (Wildman–Crippen LogP) is 3.73. The summed E-state index contributed by atoms with van der Waals surface area (Å²) in [6.45, 7) is 3.42. The van der Waals surface area contributed by atoms with Crippen LogP contribution in [0.25, 0.3) is 0 Å². The van der Waals surface area contributed by atoms with Gasteiger partial charge in [0.15, 0.2) is 0 Å². The molecule has 108 valence electrons. The minimum absolute atomic E-state index is 0. The Balaban J connectivity index is 0.00000200. The Morgan fingerprint density at radius 1 is 1.30 bits per heavy atom. The maximum Gasteiger partial charge on any atom is 0.138 e. The predicted molar refractivity (Wildman–Crippen MR) is 88.5 cm³/mol. The molecule has 0 aliphatic heterocycles. The smallest absolute Gasteiger partial charge is 0.138 e. The first kappa shape index (κ1) is 16.5. The van der Waals surface area contributed by atoms with Gasteiger partial charge < -0.3 is 10.1 Å². The first-order valence-corrected chi connectivity index (χ1v) is 7.17. The van der Waals surface area contributed by atoms with Crippen molar-refractivity contribution in [1.29, 1.82) is 0 Å². The lowest BCUT2D eigenvalue weighted by atomic mass is 10.2. The van der Waals surface area contributed by atoms with Crippen LogP contribution in [-0.2, 0) is 6.54 Å². The average Bonchev–Trinajstić information content (AvgIpc) is 2.94. The number of aliphatic imine (C=N–C) groups is 1. The first-order chi connectivity index (χ1) is 9.33. The number of rotatable bonds is 5. The molecule has 0 amide bonds. The number of thiophene rings is 1. The van der Waals surface area contributed by atoms with Gasteiger partial charge in [0.2, 0.25) is 0 Å². The summed E-state index contributed by atoms with van der Waals surface area (Å²) in [5.74, 6) is 1.84. The largest absolute Gasteiger partial charge is 0.494 e. The van der Waals surface area contributed by atoms with E-state index in [1.807, 2.05) is 25.1 Å². The Bertz CT molecular complexity index is 541. The second kappa shape index (κ2) is 8.61. The highest BCUT2D eigenvalue weighted by Gasteiger charge is 2.03. The van der Waals surface area contributed by atoms with Crippen molar-refractivity contribution in [1.82, 2.24) is 5.32 Å². The van der Waals surface area contributed by atoms with Crippen molar-refractivity contribution >= 4 is 29.6 Å². The van der Waals surface area contributed by atoms with Crippen molar-refractivity contribution < 1.29 is 4.74 Å². The lowest BCUT2D eigenvalue weighted by Crippen LogP contribution is -2.23. The Morgan fingerprint density at radius 3 is 2.80 bits per heavy atom. The summed E-state index contributed by atoms with van der Waals surface area (Å²) in [4.78, 5) is 5.45. The highest BCUT2D eigenvalue weighted by Crippen LogP contribution is 2.14. The summed E-state index contributed by atoms with van der Waals surface area (Å²) < 4.78 is 5.50. The molecule has 1 aromatic heterocycles. The fourth-order valence-electron chi connectivity index (χ4n) is 1.79. The van der Waals surface area contributed by atoms with Crippen molar-refractivity contribution in [3.8, 4) is 5.75 Å². The van der Waals surface area contributed by atoms with Gasteiger partial charge in [-0.3, -0.25) is 4.99 Å². The molecule has 2 aromatic rings. The number of ether oxygens (including phenoxy) is 1. The number of halogens is 1. The van der Waals surface area contributed by atoms with Crippen LogP contribution in [-0.4, -0.2) is 19.5 Å². The van der Waals surface area contributed by atoms with Gasteiger partial charge in [0, 0.05) is 13.6 Å². The van der Waals surface area contributed by atoms with Crippen molar-refractivity contribution in [2.24, 2.45) is 4.99 Å². The normalized spacial score (nSPS) is 10.8. The maximum absolute atomic E-state index is 5.50. The Hall–Kier alpha value is -1.52. The molecule has 0 fully saturated rings. The molecular formula is C15H19ClN2OS. The van der Waals surface area contributed by atoms with E-state index in [2.05, 4.69) is 33.9 Å². The molecule has 0 radical (unpaired) electrons. The highest BCUT2D eigenvalue weighted by atomic mass is 35.5. The van der Waals surface area contributed by atoms with Crippen molar-refractivity contribution in [3.05, 3.63) is 52.2 Å². The SMILES string of the molecule is CCOc1cccc(CNC(=NC)c2cccs2)c1.Cl. The zero-order valence-electron chi connectivity index (χ0n) is 11.6. The quantitative estimate of drug-likeness (QED) is 0.674. The van der Waals surface area contributed by atoms with E-state index in [4.69, 9.17) is 4.74 Å². The van der Waals surface area contributed by atoms with E-state index in [9.17, 15) is 0 Å². The Morgan fingerprint density at radius 2 is 2.15 bits per heavy atom. The number of benzene rings is 1. The second-order valence-corrected chi connectivity index (χ2v) is 4.93. The number of hydrogen-bond acceptors (Lipinski definition) is 3. The van der Waals surface area contributed by atoms with E-state index < -0.39 is 0 Å². The van der Waals surface area contributed by atoms with Crippen LogP contribution in [0.4, 0.5) is 0 Å². The molecule has 0 saturated carbocycles. The zero-order chi connectivity index (χ0) is 13.5. The van der Waals surface area contributed by atoms with Gasteiger partial charge in [0.05, 0.1) is 11.5 Å². The van der Waals surface area contributed by atoms with Crippen molar-refractivity contribution in [2.45, 2.75) is 13.5 Å². The van der Waals surface area contributed by atoms with Gasteiger partial charge in [-0.05, 0) is 36.1 Å². The van der Waals surface area contributed by atoms with Gasteiger partial charge in [-0.15, -0.1) is 23.7 Å². The second-order valence-electron chi connectivity index (χ2n) is 3.98. The van der Waals surface area contributed by atoms with Gasteiger partial charge in [-0.2, -0.15) is 0 Å². The summed E-state index contributed by atoms with van der Waals surface area (Å²) >= 11 is 1.68. The van der Waals surface area contributed by atoms with E-state index >= 15 is 0 Å². The van der Waals surface area contributed by atoms with E-state index in [0.29, 0.717) is 6.61 Å². The average molecular weight is 311 g/mol. The molecule has 1 N–H and O–H groups in total. The lowest BCUT2D eigenvalue weighted by molar-refractivity contribution is 0.340. The van der Waals surface area contributed by atoms with E-state index in [-0.39, 0.29) is 12.4 Å². The third kappa shape index (κ3) is 4.54. The van der Waals surface area contributed by atoms with Crippen LogP contribution in [0.3, 0.4) is 0 Å². The van der Waals surface area contributed by atoms with E-state index in [0.717, 1.165) is 23.0 Å². The van der Waals surface area contributed by atoms with E-state index in [1.165, 1.54) is 5.56 Å². The van der Waals surface area contributed by atoms with Crippen LogP contribution < -0.4 is 10.1 Å². The van der Waals surface area contributed by atoms with Crippen LogP contribution in [0.15, 0.2) is 46.8 Å². The number of hydrogen-bond donors (Lipinski definition) is 1. The van der Waals surface area contributed by atoms with Crippen molar-refractivity contribution in [2.75, 3.05) is 13.7 Å². The zero-order valence-corrected chi connectivity index (χ0v) is 13.3. The molecule has 0 saturated heterocycles. The maximum atomic E-state index is 5.50. The minimum atomic E-state index is 0. The highest BCUT2D eigenvalue weighted by molar-refractivity contribution is 7.12. The molecule has 1 aromatic carbocycles. The minimum Gasteiger partial charge on any atom is -0.494 e. The Labute approximate surface area is 130 Å². The molecule has 0 atom stereocenters.